The van der Waals surface area contributed by atoms with Crippen molar-refractivity contribution in [2.24, 2.45) is 0 Å². The van der Waals surface area contributed by atoms with Gasteiger partial charge in [-0.2, -0.15) is 0 Å². The maximum atomic E-state index is 12.3. The van der Waals surface area contributed by atoms with E-state index in [0.29, 0.717) is 30.1 Å². The minimum Gasteiger partial charge on any atom is -0.339 e. The highest BCUT2D eigenvalue weighted by molar-refractivity contribution is 9.10. The second kappa shape index (κ2) is 9.63. The van der Waals surface area contributed by atoms with Crippen LogP contribution in [-0.2, 0) is 4.79 Å². The molecule has 0 bridgehead atoms. The van der Waals surface area contributed by atoms with Crippen LogP contribution in [0.3, 0.4) is 0 Å². The molecule has 0 unspecified atom stereocenters. The van der Waals surface area contributed by atoms with Gasteiger partial charge in [-0.15, -0.1) is 11.8 Å². The zero-order valence-corrected chi connectivity index (χ0v) is 16.7. The van der Waals surface area contributed by atoms with Gasteiger partial charge in [-0.05, 0) is 56.3 Å². The molecule has 0 fully saturated rings. The monoisotopic (exact) mass is 420 g/mol. The van der Waals surface area contributed by atoms with Gasteiger partial charge in [0.1, 0.15) is 0 Å². The molecule has 0 saturated carbocycles. The average molecular weight is 421 g/mol. The van der Waals surface area contributed by atoms with Gasteiger partial charge in [-0.1, -0.05) is 22.0 Å². The molecule has 2 aromatic rings. The van der Waals surface area contributed by atoms with Crippen molar-refractivity contribution in [1.29, 1.82) is 0 Å². The van der Waals surface area contributed by atoms with Crippen LogP contribution in [0.15, 0.2) is 57.9 Å². The molecule has 0 aliphatic rings. The Hall–Kier alpha value is -1.79. The summed E-state index contributed by atoms with van der Waals surface area (Å²) in [5, 5.41) is 2.85. The second-order valence-electron chi connectivity index (χ2n) is 5.35. The van der Waals surface area contributed by atoms with Gasteiger partial charge in [0.25, 0.3) is 5.91 Å². The van der Waals surface area contributed by atoms with Crippen LogP contribution in [0.2, 0.25) is 0 Å². The smallest absolute Gasteiger partial charge is 0.253 e. The van der Waals surface area contributed by atoms with Crippen molar-refractivity contribution in [2.45, 2.75) is 18.7 Å². The summed E-state index contributed by atoms with van der Waals surface area (Å²) in [4.78, 5) is 27.1. The molecule has 2 amide bonds. The fraction of sp³-hybridized carbons (Fsp3) is 0.263. The van der Waals surface area contributed by atoms with Crippen LogP contribution in [0.25, 0.3) is 0 Å². The van der Waals surface area contributed by atoms with E-state index < -0.39 is 0 Å². The summed E-state index contributed by atoms with van der Waals surface area (Å²) in [7, 11) is 0. The standard InChI is InChI=1S/C19H21BrN2O2S/c1-3-22(4-2)19(24)14-8-10-16(11-9-14)21-18(23)13-25-17-7-5-6-15(20)12-17/h5-12H,3-4,13H2,1-2H3,(H,21,23). The van der Waals surface area contributed by atoms with E-state index in [1.165, 1.54) is 11.8 Å². The van der Waals surface area contributed by atoms with Gasteiger partial charge < -0.3 is 10.2 Å². The van der Waals surface area contributed by atoms with Crippen LogP contribution in [0.4, 0.5) is 5.69 Å². The maximum Gasteiger partial charge on any atom is 0.253 e. The molecule has 0 atom stereocenters. The third kappa shape index (κ3) is 5.90. The Kier molecular flexibility index (Phi) is 7.52. The number of hydrogen-bond donors (Lipinski definition) is 1. The molecule has 1 N–H and O–H groups in total. The molecule has 0 aromatic heterocycles. The normalized spacial score (nSPS) is 10.4. The summed E-state index contributed by atoms with van der Waals surface area (Å²) in [6.07, 6.45) is 0. The van der Waals surface area contributed by atoms with E-state index in [1.807, 2.05) is 38.1 Å². The first-order chi connectivity index (χ1) is 12.0. The lowest BCUT2D eigenvalue weighted by Gasteiger charge is -2.18. The Labute approximate surface area is 161 Å². The number of nitrogens with one attached hydrogen (secondary N) is 1. The number of benzene rings is 2. The van der Waals surface area contributed by atoms with E-state index in [0.717, 1.165) is 9.37 Å². The quantitative estimate of drug-likeness (QED) is 0.662. The Morgan fingerprint density at radius 1 is 1.08 bits per heavy atom. The molecule has 0 saturated heterocycles. The lowest BCUT2D eigenvalue weighted by molar-refractivity contribution is -0.113. The van der Waals surface area contributed by atoms with Crippen LogP contribution < -0.4 is 5.32 Å². The number of halogens is 1. The van der Waals surface area contributed by atoms with E-state index in [9.17, 15) is 9.59 Å². The fourth-order valence-electron chi connectivity index (χ4n) is 2.29. The molecule has 0 heterocycles. The van der Waals surface area contributed by atoms with Gasteiger partial charge in [-0.3, -0.25) is 9.59 Å². The number of amides is 2. The van der Waals surface area contributed by atoms with Crippen molar-refractivity contribution < 1.29 is 9.59 Å². The number of nitrogens with zero attached hydrogens (tertiary/aromatic N) is 1. The molecule has 2 aromatic carbocycles. The third-order valence-electron chi connectivity index (χ3n) is 3.63. The summed E-state index contributed by atoms with van der Waals surface area (Å²) >= 11 is 4.89. The zero-order valence-electron chi connectivity index (χ0n) is 14.3. The van der Waals surface area contributed by atoms with Gasteiger partial charge in [-0.25, -0.2) is 0 Å². The molecule has 25 heavy (non-hydrogen) atoms. The summed E-state index contributed by atoms with van der Waals surface area (Å²) in [5.41, 5.74) is 1.32. The first kappa shape index (κ1) is 19.5. The summed E-state index contributed by atoms with van der Waals surface area (Å²) < 4.78 is 0.992. The van der Waals surface area contributed by atoms with E-state index in [-0.39, 0.29) is 11.8 Å². The lowest BCUT2D eigenvalue weighted by Crippen LogP contribution is -2.30. The van der Waals surface area contributed by atoms with Crippen molar-refractivity contribution in [3.05, 3.63) is 58.6 Å². The predicted octanol–water partition coefficient (Wildman–Crippen LogP) is 4.66. The van der Waals surface area contributed by atoms with Crippen molar-refractivity contribution in [3.8, 4) is 0 Å². The average Bonchev–Trinajstić information content (AvgIpc) is 2.61. The number of rotatable bonds is 7. The molecule has 4 nitrogen and oxygen atoms in total. The molecule has 0 spiro atoms. The van der Waals surface area contributed by atoms with Crippen LogP contribution >= 0.6 is 27.7 Å². The Balaban J connectivity index is 1.90. The Bertz CT molecular complexity index is 730. The SMILES string of the molecule is CCN(CC)C(=O)c1ccc(NC(=O)CSc2cccc(Br)c2)cc1. The van der Waals surface area contributed by atoms with Crippen molar-refractivity contribution in [3.63, 3.8) is 0 Å². The van der Waals surface area contributed by atoms with E-state index in [1.54, 1.807) is 29.2 Å². The van der Waals surface area contributed by atoms with Crippen molar-refractivity contribution >= 4 is 45.2 Å². The molecule has 2 rings (SSSR count). The second-order valence-corrected chi connectivity index (χ2v) is 7.31. The molecular weight excluding hydrogens is 400 g/mol. The van der Waals surface area contributed by atoms with Gasteiger partial charge in [0.15, 0.2) is 0 Å². The lowest BCUT2D eigenvalue weighted by atomic mass is 10.2. The molecule has 0 radical (unpaired) electrons. The van der Waals surface area contributed by atoms with E-state index >= 15 is 0 Å². The predicted molar refractivity (Wildman–Crippen MR) is 107 cm³/mol. The van der Waals surface area contributed by atoms with Crippen LogP contribution in [0, 0.1) is 0 Å². The third-order valence-corrected chi connectivity index (χ3v) is 5.12. The van der Waals surface area contributed by atoms with Gasteiger partial charge >= 0.3 is 0 Å². The van der Waals surface area contributed by atoms with Crippen LogP contribution in [0.5, 0.6) is 0 Å². The van der Waals surface area contributed by atoms with Gasteiger partial charge in [0.2, 0.25) is 5.91 Å². The highest BCUT2D eigenvalue weighted by atomic mass is 79.9. The first-order valence-corrected chi connectivity index (χ1v) is 9.89. The molecular formula is C19H21BrN2O2S. The number of hydrogen-bond acceptors (Lipinski definition) is 3. The molecule has 132 valence electrons. The summed E-state index contributed by atoms with van der Waals surface area (Å²) in [5.74, 6) is 0.261. The molecule has 0 aliphatic heterocycles. The highest BCUT2D eigenvalue weighted by Crippen LogP contribution is 2.22. The topological polar surface area (TPSA) is 49.4 Å². The maximum absolute atomic E-state index is 12.3. The number of thioether (sulfide) groups is 1. The summed E-state index contributed by atoms with van der Waals surface area (Å²) in [6.45, 7) is 5.28. The van der Waals surface area contributed by atoms with Crippen LogP contribution in [-0.4, -0.2) is 35.6 Å². The first-order valence-electron chi connectivity index (χ1n) is 8.11. The highest BCUT2D eigenvalue weighted by Gasteiger charge is 2.12. The minimum atomic E-state index is -0.0761. The minimum absolute atomic E-state index is 0.00749. The van der Waals surface area contributed by atoms with Crippen molar-refractivity contribution in [2.75, 3.05) is 24.2 Å². The van der Waals surface area contributed by atoms with E-state index in [2.05, 4.69) is 21.2 Å². The van der Waals surface area contributed by atoms with Crippen molar-refractivity contribution in [1.82, 2.24) is 4.90 Å². The fourth-order valence-corrected chi connectivity index (χ4v) is 3.60. The number of anilines is 1. The molecule has 6 heteroatoms. The molecule has 0 aliphatic carbocycles. The van der Waals surface area contributed by atoms with E-state index in [4.69, 9.17) is 0 Å². The Morgan fingerprint density at radius 3 is 2.36 bits per heavy atom. The Morgan fingerprint density at radius 2 is 1.76 bits per heavy atom. The van der Waals surface area contributed by atoms with Gasteiger partial charge in [0.05, 0.1) is 5.75 Å². The number of carbonyl (C=O) groups is 2. The largest absolute Gasteiger partial charge is 0.339 e. The zero-order chi connectivity index (χ0) is 18.2. The van der Waals surface area contributed by atoms with Crippen LogP contribution in [0.1, 0.15) is 24.2 Å². The van der Waals surface area contributed by atoms with Gasteiger partial charge in [0, 0.05) is 33.7 Å². The summed E-state index contributed by atoms with van der Waals surface area (Å²) in [6, 6.07) is 14.9. The number of carbonyl (C=O) groups excluding carboxylic acids is 2.